The van der Waals surface area contributed by atoms with Crippen molar-refractivity contribution < 1.29 is 18.9 Å². The zero-order valence-corrected chi connectivity index (χ0v) is 14.1. The van der Waals surface area contributed by atoms with Crippen LogP contribution in [0.25, 0.3) is 0 Å². The van der Waals surface area contributed by atoms with Crippen LogP contribution < -0.4 is 11.1 Å². The number of hydrogen-bond donors (Lipinski definition) is 2. The van der Waals surface area contributed by atoms with Gasteiger partial charge in [-0.2, -0.15) is 0 Å². The van der Waals surface area contributed by atoms with Gasteiger partial charge in [0.25, 0.3) is 5.69 Å². The lowest BCUT2D eigenvalue weighted by molar-refractivity contribution is -0.387. The lowest BCUT2D eigenvalue weighted by atomic mass is 10.2. The monoisotopic (exact) mass is 383 g/mol. The number of nitro benzene ring substituents is 1. The van der Waals surface area contributed by atoms with Gasteiger partial charge in [0.05, 0.1) is 21.3 Å². The van der Waals surface area contributed by atoms with Crippen LogP contribution in [0.1, 0.15) is 10.4 Å². The Morgan fingerprint density at radius 3 is 2.64 bits per heavy atom. The number of nitrogens with two attached hydrogens (primary N) is 1. The molecular formula is C15H11ClFN3O4S. The van der Waals surface area contributed by atoms with Crippen LogP contribution in [0.3, 0.4) is 0 Å². The molecule has 0 saturated heterocycles. The maximum absolute atomic E-state index is 13.6. The molecule has 0 aliphatic carbocycles. The first kappa shape index (κ1) is 18.7. The number of nitrogens with zero attached hydrogens (tertiary/aromatic N) is 1. The summed E-state index contributed by atoms with van der Waals surface area (Å²) >= 11 is 6.61. The molecule has 130 valence electrons. The van der Waals surface area contributed by atoms with Crippen molar-refractivity contribution in [2.75, 3.05) is 11.1 Å². The van der Waals surface area contributed by atoms with Crippen LogP contribution in [0.4, 0.5) is 15.8 Å². The highest BCUT2D eigenvalue weighted by Crippen LogP contribution is 2.30. The van der Waals surface area contributed by atoms with E-state index in [4.69, 9.17) is 17.3 Å². The molecule has 0 atom stereocenters. The average Bonchev–Trinajstić information content (AvgIpc) is 2.56. The molecule has 0 aliphatic rings. The third-order valence-corrected chi connectivity index (χ3v) is 4.30. The van der Waals surface area contributed by atoms with E-state index in [1.807, 2.05) is 0 Å². The third-order valence-electron chi connectivity index (χ3n) is 3.00. The lowest BCUT2D eigenvalue weighted by Crippen LogP contribution is -2.15. The maximum atomic E-state index is 13.6. The number of carbonyl (C=O) groups excluding carboxylic acids is 2. The van der Waals surface area contributed by atoms with Gasteiger partial charge in [0.2, 0.25) is 11.8 Å². The molecule has 0 saturated carbocycles. The number of benzene rings is 2. The Kier molecular flexibility index (Phi) is 5.94. The number of nitro groups is 1. The molecule has 25 heavy (non-hydrogen) atoms. The molecule has 0 spiro atoms. The van der Waals surface area contributed by atoms with Gasteiger partial charge in [-0.25, -0.2) is 4.39 Å². The van der Waals surface area contributed by atoms with Gasteiger partial charge >= 0.3 is 0 Å². The van der Waals surface area contributed by atoms with Gasteiger partial charge in [0, 0.05) is 16.7 Å². The topological polar surface area (TPSA) is 115 Å². The summed E-state index contributed by atoms with van der Waals surface area (Å²) in [7, 11) is 0. The van der Waals surface area contributed by atoms with Crippen molar-refractivity contribution in [2.45, 2.75) is 4.90 Å². The average molecular weight is 384 g/mol. The summed E-state index contributed by atoms with van der Waals surface area (Å²) in [5.41, 5.74) is 4.65. The first-order chi connectivity index (χ1) is 11.8. The number of carbonyl (C=O) groups is 2. The van der Waals surface area contributed by atoms with E-state index in [2.05, 4.69) is 5.32 Å². The first-order valence-corrected chi connectivity index (χ1v) is 8.10. The second-order valence-electron chi connectivity index (χ2n) is 4.76. The number of amides is 2. The minimum absolute atomic E-state index is 0.0125. The van der Waals surface area contributed by atoms with E-state index in [9.17, 15) is 24.1 Å². The summed E-state index contributed by atoms with van der Waals surface area (Å²) < 4.78 is 13.6. The quantitative estimate of drug-likeness (QED) is 0.451. The fourth-order valence-electron chi connectivity index (χ4n) is 1.86. The molecular weight excluding hydrogens is 373 g/mol. The molecule has 0 unspecified atom stereocenters. The Hall–Kier alpha value is -2.65. The van der Waals surface area contributed by atoms with Crippen LogP contribution in [0.5, 0.6) is 0 Å². The molecule has 7 nitrogen and oxygen atoms in total. The number of rotatable bonds is 6. The van der Waals surface area contributed by atoms with Gasteiger partial charge in [-0.3, -0.25) is 19.7 Å². The minimum Gasteiger partial charge on any atom is -0.366 e. The molecule has 0 heterocycles. The normalized spacial score (nSPS) is 10.3. The number of halogens is 2. The largest absolute Gasteiger partial charge is 0.366 e. The summed E-state index contributed by atoms with van der Waals surface area (Å²) in [6.45, 7) is 0. The van der Waals surface area contributed by atoms with Crippen LogP contribution in [-0.4, -0.2) is 22.5 Å². The third kappa shape index (κ3) is 4.91. The number of hydrogen-bond acceptors (Lipinski definition) is 5. The van der Waals surface area contributed by atoms with E-state index < -0.39 is 22.6 Å². The Labute approximate surface area is 150 Å². The zero-order valence-electron chi connectivity index (χ0n) is 12.5. The van der Waals surface area contributed by atoms with Crippen molar-refractivity contribution in [3.63, 3.8) is 0 Å². The van der Waals surface area contributed by atoms with E-state index in [1.54, 1.807) is 0 Å². The van der Waals surface area contributed by atoms with Crippen LogP contribution >= 0.6 is 23.4 Å². The fraction of sp³-hybridized carbons (Fsp3) is 0.0667. The van der Waals surface area contributed by atoms with Gasteiger partial charge in [-0.15, -0.1) is 11.8 Å². The standard InChI is InChI=1S/C15H11ClFN3O4S/c16-9-2-3-10(17)11(6-9)19-14(21)7-25-13-4-1-8(15(18)22)5-12(13)20(23)24/h1-6H,7H2,(H2,18,22)(H,19,21). The van der Waals surface area contributed by atoms with E-state index in [0.717, 1.165) is 23.9 Å². The van der Waals surface area contributed by atoms with E-state index in [-0.39, 0.29) is 32.6 Å². The van der Waals surface area contributed by atoms with Gasteiger partial charge in [-0.1, -0.05) is 11.6 Å². The zero-order chi connectivity index (χ0) is 18.6. The molecule has 0 radical (unpaired) electrons. The Morgan fingerprint density at radius 1 is 1.28 bits per heavy atom. The van der Waals surface area contributed by atoms with Crippen LogP contribution in [0.15, 0.2) is 41.3 Å². The van der Waals surface area contributed by atoms with Crippen LogP contribution in [0, 0.1) is 15.9 Å². The van der Waals surface area contributed by atoms with Crippen LogP contribution in [0.2, 0.25) is 5.02 Å². The summed E-state index contributed by atoms with van der Waals surface area (Å²) in [6, 6.07) is 7.40. The highest BCUT2D eigenvalue weighted by molar-refractivity contribution is 8.00. The fourth-order valence-corrected chi connectivity index (χ4v) is 2.83. The second-order valence-corrected chi connectivity index (χ2v) is 6.22. The van der Waals surface area contributed by atoms with Crippen molar-refractivity contribution in [1.82, 2.24) is 0 Å². The predicted molar refractivity (Wildman–Crippen MR) is 92.4 cm³/mol. The van der Waals surface area contributed by atoms with Crippen molar-refractivity contribution in [3.05, 3.63) is 62.9 Å². The molecule has 0 bridgehead atoms. The lowest BCUT2D eigenvalue weighted by Gasteiger charge is -2.07. The Morgan fingerprint density at radius 2 is 2.00 bits per heavy atom. The van der Waals surface area contributed by atoms with E-state index in [0.29, 0.717) is 0 Å². The number of primary amides is 1. The maximum Gasteiger partial charge on any atom is 0.283 e. The van der Waals surface area contributed by atoms with E-state index >= 15 is 0 Å². The first-order valence-electron chi connectivity index (χ1n) is 6.74. The second kappa shape index (κ2) is 7.95. The van der Waals surface area contributed by atoms with Gasteiger partial charge in [0.1, 0.15) is 5.82 Å². The van der Waals surface area contributed by atoms with Crippen molar-refractivity contribution in [3.8, 4) is 0 Å². The Balaban J connectivity index is 2.10. The molecule has 0 aromatic heterocycles. The number of anilines is 1. The highest BCUT2D eigenvalue weighted by atomic mass is 35.5. The van der Waals surface area contributed by atoms with E-state index in [1.165, 1.54) is 24.3 Å². The molecule has 2 amide bonds. The Bertz CT molecular complexity index is 863. The smallest absolute Gasteiger partial charge is 0.283 e. The number of nitrogens with one attached hydrogen (secondary N) is 1. The molecule has 0 fully saturated rings. The van der Waals surface area contributed by atoms with Gasteiger partial charge in [0.15, 0.2) is 0 Å². The van der Waals surface area contributed by atoms with Crippen molar-refractivity contribution in [1.29, 1.82) is 0 Å². The number of thioether (sulfide) groups is 1. The van der Waals surface area contributed by atoms with Crippen molar-refractivity contribution in [2.24, 2.45) is 5.73 Å². The minimum atomic E-state index is -0.797. The summed E-state index contributed by atoms with van der Waals surface area (Å²) in [6.07, 6.45) is 0. The SMILES string of the molecule is NC(=O)c1ccc(SCC(=O)Nc2cc(Cl)ccc2F)c([N+](=O)[O-])c1. The summed E-state index contributed by atoms with van der Waals surface area (Å²) in [5, 5.41) is 13.7. The summed E-state index contributed by atoms with van der Waals surface area (Å²) in [5.74, 6) is -2.23. The molecule has 2 aromatic carbocycles. The highest BCUT2D eigenvalue weighted by Gasteiger charge is 2.18. The molecule has 2 aromatic rings. The van der Waals surface area contributed by atoms with Gasteiger partial charge in [-0.05, 0) is 30.3 Å². The molecule has 3 N–H and O–H groups in total. The molecule has 0 aliphatic heterocycles. The molecule has 10 heteroatoms. The molecule has 2 rings (SSSR count). The van der Waals surface area contributed by atoms with Crippen molar-refractivity contribution >= 4 is 46.6 Å². The van der Waals surface area contributed by atoms with Crippen LogP contribution in [-0.2, 0) is 4.79 Å². The summed E-state index contributed by atoms with van der Waals surface area (Å²) in [4.78, 5) is 33.6. The predicted octanol–water partition coefficient (Wildman–Crippen LogP) is 3.22. The van der Waals surface area contributed by atoms with Gasteiger partial charge < -0.3 is 11.1 Å².